The molecular weight excluding hydrogens is 389 g/mol. The fourth-order valence-electron chi connectivity index (χ4n) is 2.58. The van der Waals surface area contributed by atoms with Gasteiger partial charge in [0.2, 0.25) is 11.8 Å². The second kappa shape index (κ2) is 7.00. The van der Waals surface area contributed by atoms with Gasteiger partial charge in [-0.15, -0.1) is 22.7 Å². The van der Waals surface area contributed by atoms with Crippen molar-refractivity contribution in [2.24, 2.45) is 5.92 Å². The van der Waals surface area contributed by atoms with E-state index in [1.807, 2.05) is 19.2 Å². The van der Waals surface area contributed by atoms with Crippen LogP contribution in [0.25, 0.3) is 11.3 Å². The minimum atomic E-state index is -0.341. The molecule has 1 fully saturated rings. The lowest BCUT2D eigenvalue weighted by Crippen LogP contribution is -2.33. The summed E-state index contributed by atoms with van der Waals surface area (Å²) >= 11 is 14.7. The number of halogens is 2. The molecule has 128 valence electrons. The fraction of sp³-hybridized carbons (Fsp3) is 0.400. The summed E-state index contributed by atoms with van der Waals surface area (Å²) in [4.78, 5) is 30.4. The Morgan fingerprint density at radius 3 is 2.79 bits per heavy atom. The van der Waals surface area contributed by atoms with Gasteiger partial charge >= 0.3 is 0 Å². The van der Waals surface area contributed by atoms with E-state index >= 15 is 0 Å². The molecule has 0 aliphatic carbocycles. The lowest BCUT2D eigenvalue weighted by atomic mass is 10.1. The summed E-state index contributed by atoms with van der Waals surface area (Å²) in [6, 6.07) is 1.86. The van der Waals surface area contributed by atoms with Gasteiger partial charge in [0.25, 0.3) is 0 Å². The number of thiophene rings is 1. The predicted molar refractivity (Wildman–Crippen MR) is 99.0 cm³/mol. The van der Waals surface area contributed by atoms with Crippen molar-refractivity contribution in [1.82, 2.24) is 9.88 Å². The van der Waals surface area contributed by atoms with Crippen LogP contribution in [0.3, 0.4) is 0 Å². The summed E-state index contributed by atoms with van der Waals surface area (Å²) in [6.45, 7) is 4.34. The van der Waals surface area contributed by atoms with E-state index in [4.69, 9.17) is 23.2 Å². The number of amides is 2. The third kappa shape index (κ3) is 3.59. The quantitative estimate of drug-likeness (QED) is 0.823. The topological polar surface area (TPSA) is 62.3 Å². The minimum Gasteiger partial charge on any atom is -0.339 e. The Morgan fingerprint density at radius 1 is 1.46 bits per heavy atom. The molecule has 1 aliphatic rings. The van der Waals surface area contributed by atoms with Crippen LogP contribution in [0.1, 0.15) is 20.3 Å². The number of carbonyl (C=O) groups excluding carboxylic acids is 2. The highest BCUT2D eigenvalue weighted by molar-refractivity contribution is 7.20. The molecule has 3 heterocycles. The number of anilines is 1. The van der Waals surface area contributed by atoms with E-state index in [2.05, 4.69) is 10.3 Å². The Morgan fingerprint density at radius 2 is 2.21 bits per heavy atom. The Balaban J connectivity index is 1.68. The molecule has 1 aliphatic heterocycles. The summed E-state index contributed by atoms with van der Waals surface area (Å²) in [5.74, 6) is -0.502. The second-order valence-electron chi connectivity index (χ2n) is 5.81. The molecule has 1 atom stereocenters. The molecule has 2 aromatic heterocycles. The number of aromatic nitrogens is 1. The summed E-state index contributed by atoms with van der Waals surface area (Å²) in [7, 11) is 0. The van der Waals surface area contributed by atoms with E-state index in [-0.39, 0.29) is 30.2 Å². The van der Waals surface area contributed by atoms with Crippen molar-refractivity contribution in [3.05, 3.63) is 20.1 Å². The van der Waals surface area contributed by atoms with Crippen molar-refractivity contribution in [2.75, 3.05) is 11.9 Å². The second-order valence-corrected chi connectivity index (χ2v) is 8.95. The van der Waals surface area contributed by atoms with Gasteiger partial charge in [0.1, 0.15) is 4.34 Å². The molecule has 0 radical (unpaired) electrons. The maximum Gasteiger partial charge on any atom is 0.231 e. The predicted octanol–water partition coefficient (Wildman–Crippen LogP) is 4.37. The van der Waals surface area contributed by atoms with Crippen LogP contribution in [0.4, 0.5) is 5.13 Å². The number of rotatable bonds is 4. The van der Waals surface area contributed by atoms with Crippen LogP contribution in [0.15, 0.2) is 11.4 Å². The largest absolute Gasteiger partial charge is 0.339 e. The zero-order chi connectivity index (χ0) is 17.4. The number of nitrogens with zero attached hydrogens (tertiary/aromatic N) is 2. The van der Waals surface area contributed by atoms with Gasteiger partial charge < -0.3 is 10.2 Å². The Kier molecular flexibility index (Phi) is 5.15. The van der Waals surface area contributed by atoms with Gasteiger partial charge in [0.05, 0.1) is 15.9 Å². The highest BCUT2D eigenvalue weighted by Crippen LogP contribution is 2.39. The van der Waals surface area contributed by atoms with Gasteiger partial charge in [-0.3, -0.25) is 9.59 Å². The zero-order valence-electron chi connectivity index (χ0n) is 13.0. The molecule has 0 spiro atoms. The molecule has 3 rings (SSSR count). The Hall–Kier alpha value is -1.15. The zero-order valence-corrected chi connectivity index (χ0v) is 16.2. The third-order valence-electron chi connectivity index (χ3n) is 3.82. The van der Waals surface area contributed by atoms with E-state index in [1.54, 1.807) is 11.0 Å². The summed E-state index contributed by atoms with van der Waals surface area (Å²) in [6.07, 6.45) is 0.244. The molecule has 5 nitrogen and oxygen atoms in total. The van der Waals surface area contributed by atoms with Crippen LogP contribution >= 0.6 is 45.9 Å². The number of hydrogen-bond acceptors (Lipinski definition) is 5. The van der Waals surface area contributed by atoms with Gasteiger partial charge in [-0.25, -0.2) is 4.98 Å². The number of nitrogens with one attached hydrogen (secondary N) is 1. The first-order valence-electron chi connectivity index (χ1n) is 7.36. The first kappa shape index (κ1) is 17.7. The van der Waals surface area contributed by atoms with E-state index in [9.17, 15) is 9.59 Å². The van der Waals surface area contributed by atoms with Gasteiger partial charge in [-0.2, -0.15) is 0 Å². The average molecular weight is 404 g/mol. The van der Waals surface area contributed by atoms with E-state index in [0.29, 0.717) is 26.0 Å². The van der Waals surface area contributed by atoms with Crippen LogP contribution in [0.5, 0.6) is 0 Å². The Labute approximate surface area is 157 Å². The van der Waals surface area contributed by atoms with Gasteiger partial charge in [-0.1, -0.05) is 23.2 Å². The summed E-state index contributed by atoms with van der Waals surface area (Å²) in [5, 5.41) is 5.11. The van der Waals surface area contributed by atoms with Crippen molar-refractivity contribution >= 4 is 62.8 Å². The molecule has 9 heteroatoms. The van der Waals surface area contributed by atoms with Gasteiger partial charge in [-0.05, 0) is 19.9 Å². The SMILES string of the molecule is CC(C)N1CC(C(=O)Nc2nc(-c3cc(Cl)sc3Cl)cs2)CC1=O. The first-order chi connectivity index (χ1) is 11.3. The standard InChI is InChI=1S/C15H15Cl2N3O2S2/c1-7(2)20-5-8(3-12(20)21)14(22)19-15-18-10(6-23-15)9-4-11(16)24-13(9)17/h4,6-8H,3,5H2,1-2H3,(H,18,19,22). The minimum absolute atomic E-state index is 0.0182. The molecule has 2 aromatic rings. The van der Waals surface area contributed by atoms with Gasteiger partial charge in [0.15, 0.2) is 5.13 Å². The summed E-state index contributed by atoms with van der Waals surface area (Å²) < 4.78 is 1.16. The van der Waals surface area contributed by atoms with Crippen molar-refractivity contribution in [1.29, 1.82) is 0 Å². The van der Waals surface area contributed by atoms with Gasteiger partial charge in [0, 0.05) is 30.0 Å². The molecule has 1 N–H and O–H groups in total. The van der Waals surface area contributed by atoms with Crippen LogP contribution in [-0.2, 0) is 9.59 Å². The molecule has 2 amide bonds. The maximum absolute atomic E-state index is 12.4. The smallest absolute Gasteiger partial charge is 0.231 e. The van der Waals surface area contributed by atoms with Crippen LogP contribution in [0, 0.1) is 5.92 Å². The number of thiazole rings is 1. The monoisotopic (exact) mass is 403 g/mol. The third-order valence-corrected chi connectivity index (χ3v) is 6.06. The van der Waals surface area contributed by atoms with E-state index < -0.39 is 0 Å². The van der Waals surface area contributed by atoms with Crippen molar-refractivity contribution in [3.8, 4) is 11.3 Å². The van der Waals surface area contributed by atoms with E-state index in [1.165, 1.54) is 22.7 Å². The lowest BCUT2D eigenvalue weighted by molar-refractivity contribution is -0.129. The molecule has 0 aromatic carbocycles. The molecule has 1 saturated heterocycles. The molecule has 1 unspecified atom stereocenters. The molecular formula is C15H15Cl2N3O2S2. The number of hydrogen-bond donors (Lipinski definition) is 1. The van der Waals surface area contributed by atoms with Crippen LogP contribution in [-0.4, -0.2) is 34.3 Å². The lowest BCUT2D eigenvalue weighted by Gasteiger charge is -2.20. The number of likely N-dealkylation sites (tertiary alicyclic amines) is 1. The number of carbonyl (C=O) groups is 2. The van der Waals surface area contributed by atoms with Crippen LogP contribution in [0.2, 0.25) is 8.67 Å². The molecule has 24 heavy (non-hydrogen) atoms. The van der Waals surface area contributed by atoms with Crippen molar-refractivity contribution < 1.29 is 9.59 Å². The van der Waals surface area contributed by atoms with E-state index in [0.717, 1.165) is 5.56 Å². The highest BCUT2D eigenvalue weighted by atomic mass is 35.5. The highest BCUT2D eigenvalue weighted by Gasteiger charge is 2.35. The molecule has 0 bridgehead atoms. The normalized spacial score (nSPS) is 17.8. The fourth-order valence-corrected chi connectivity index (χ4v) is 4.78. The average Bonchev–Trinajstić information content (AvgIpc) is 3.18. The summed E-state index contributed by atoms with van der Waals surface area (Å²) in [5.41, 5.74) is 1.43. The maximum atomic E-state index is 12.4. The van der Waals surface area contributed by atoms with Crippen molar-refractivity contribution in [3.63, 3.8) is 0 Å². The van der Waals surface area contributed by atoms with Crippen LogP contribution < -0.4 is 5.32 Å². The van der Waals surface area contributed by atoms with Crippen molar-refractivity contribution in [2.45, 2.75) is 26.3 Å². The first-order valence-corrected chi connectivity index (χ1v) is 9.81. The Bertz CT molecular complexity index is 788. The molecule has 0 saturated carbocycles.